The summed E-state index contributed by atoms with van der Waals surface area (Å²) in [4.78, 5) is 13.1. The normalized spacial score (nSPS) is 11.9. The van der Waals surface area contributed by atoms with Crippen LogP contribution in [0, 0.1) is 0 Å². The fraction of sp³-hybridized carbons (Fsp3) is 0.333. The topological polar surface area (TPSA) is 96.8 Å². The summed E-state index contributed by atoms with van der Waals surface area (Å²) in [5.74, 6) is 0.157. The summed E-state index contributed by atoms with van der Waals surface area (Å²) in [5.41, 5.74) is 1.79. The highest BCUT2D eigenvalue weighted by Gasteiger charge is 2.08. The van der Waals surface area contributed by atoms with Crippen LogP contribution >= 0.6 is 0 Å². The maximum Gasteiger partial charge on any atom is 0.326 e. The SMILES string of the molecule is CNC(C)c1cccc(NC(=O)Nc2nnn(C)n2)c1. The predicted octanol–water partition coefficient (Wildman–Crippen LogP) is 1.13. The largest absolute Gasteiger partial charge is 0.326 e. The first-order chi connectivity index (χ1) is 9.58. The van der Waals surface area contributed by atoms with Crippen LogP contribution in [0.3, 0.4) is 0 Å². The number of carbonyl (C=O) groups is 1. The van der Waals surface area contributed by atoms with Gasteiger partial charge >= 0.3 is 6.03 Å². The zero-order valence-corrected chi connectivity index (χ0v) is 11.6. The molecule has 0 fully saturated rings. The van der Waals surface area contributed by atoms with Crippen LogP contribution < -0.4 is 16.0 Å². The number of amides is 2. The van der Waals surface area contributed by atoms with Crippen LogP contribution in [0.1, 0.15) is 18.5 Å². The second-order valence-corrected chi connectivity index (χ2v) is 4.32. The van der Waals surface area contributed by atoms with E-state index in [0.717, 1.165) is 5.56 Å². The van der Waals surface area contributed by atoms with E-state index in [-0.39, 0.29) is 12.0 Å². The van der Waals surface area contributed by atoms with Gasteiger partial charge in [0.25, 0.3) is 5.95 Å². The van der Waals surface area contributed by atoms with Crippen LogP contribution in [0.5, 0.6) is 0 Å². The van der Waals surface area contributed by atoms with Gasteiger partial charge in [-0.05, 0) is 36.9 Å². The Morgan fingerprint density at radius 3 is 2.80 bits per heavy atom. The number of carbonyl (C=O) groups excluding carboxylic acids is 1. The standard InChI is InChI=1S/C12H17N7O/c1-8(13-2)9-5-4-6-10(7-9)14-12(20)15-11-16-18-19(3)17-11/h4-8,13H,1-3H3,(H2,14,15,17,20). The second kappa shape index (κ2) is 6.11. The molecule has 1 aromatic carbocycles. The Balaban J connectivity index is 2.00. The van der Waals surface area contributed by atoms with Crippen molar-refractivity contribution in [1.82, 2.24) is 25.5 Å². The predicted molar refractivity (Wildman–Crippen MR) is 75.4 cm³/mol. The Kier molecular flexibility index (Phi) is 4.26. The molecule has 0 saturated heterocycles. The highest BCUT2D eigenvalue weighted by molar-refractivity contribution is 5.98. The minimum absolute atomic E-state index is 0.157. The van der Waals surface area contributed by atoms with Gasteiger partial charge in [-0.15, -0.1) is 5.10 Å². The first-order valence-corrected chi connectivity index (χ1v) is 6.17. The molecule has 0 aliphatic rings. The van der Waals surface area contributed by atoms with Crippen molar-refractivity contribution < 1.29 is 4.79 Å². The van der Waals surface area contributed by atoms with Gasteiger partial charge in [-0.25, -0.2) is 4.79 Å². The third-order valence-corrected chi connectivity index (χ3v) is 2.81. The minimum Gasteiger partial charge on any atom is -0.313 e. The number of anilines is 2. The molecule has 8 heteroatoms. The highest BCUT2D eigenvalue weighted by atomic mass is 16.2. The molecule has 1 atom stereocenters. The number of aryl methyl sites for hydroxylation is 1. The Bertz CT molecular complexity index is 595. The zero-order valence-electron chi connectivity index (χ0n) is 11.6. The van der Waals surface area contributed by atoms with Crippen molar-refractivity contribution in [2.75, 3.05) is 17.7 Å². The molecular weight excluding hydrogens is 258 g/mol. The van der Waals surface area contributed by atoms with Crippen molar-refractivity contribution in [2.24, 2.45) is 7.05 Å². The van der Waals surface area contributed by atoms with Gasteiger partial charge in [-0.2, -0.15) is 4.80 Å². The van der Waals surface area contributed by atoms with E-state index in [1.54, 1.807) is 7.05 Å². The van der Waals surface area contributed by atoms with Crippen molar-refractivity contribution in [2.45, 2.75) is 13.0 Å². The van der Waals surface area contributed by atoms with Crippen LogP contribution in [0.2, 0.25) is 0 Å². The van der Waals surface area contributed by atoms with Crippen molar-refractivity contribution in [3.63, 3.8) is 0 Å². The van der Waals surface area contributed by atoms with E-state index in [4.69, 9.17) is 0 Å². The van der Waals surface area contributed by atoms with Crippen molar-refractivity contribution >= 4 is 17.7 Å². The molecule has 1 aromatic heterocycles. The molecule has 3 N–H and O–H groups in total. The van der Waals surface area contributed by atoms with Crippen LogP contribution in [0.4, 0.5) is 16.4 Å². The van der Waals surface area contributed by atoms with Crippen LogP contribution in [-0.4, -0.2) is 33.3 Å². The van der Waals surface area contributed by atoms with Crippen molar-refractivity contribution in [1.29, 1.82) is 0 Å². The molecule has 0 aliphatic heterocycles. The van der Waals surface area contributed by atoms with Gasteiger partial charge in [0.15, 0.2) is 0 Å². The maximum atomic E-state index is 11.8. The van der Waals surface area contributed by atoms with Crippen molar-refractivity contribution in [3.05, 3.63) is 29.8 Å². The molecule has 8 nitrogen and oxygen atoms in total. The highest BCUT2D eigenvalue weighted by Crippen LogP contribution is 2.17. The molecule has 1 unspecified atom stereocenters. The summed E-state index contributed by atoms with van der Waals surface area (Å²) in [6.07, 6.45) is 0. The number of nitrogens with one attached hydrogen (secondary N) is 3. The third-order valence-electron chi connectivity index (χ3n) is 2.81. The van der Waals surface area contributed by atoms with E-state index in [1.807, 2.05) is 38.2 Å². The van der Waals surface area contributed by atoms with Crippen LogP contribution in [0.25, 0.3) is 0 Å². The Morgan fingerprint density at radius 1 is 1.35 bits per heavy atom. The first kappa shape index (κ1) is 13.9. The molecular formula is C12H17N7O. The molecule has 1 heterocycles. The summed E-state index contributed by atoms with van der Waals surface area (Å²) in [5, 5.41) is 19.5. The average Bonchev–Trinajstić information content (AvgIpc) is 2.83. The van der Waals surface area contributed by atoms with Gasteiger partial charge in [-0.3, -0.25) is 5.32 Å². The van der Waals surface area contributed by atoms with E-state index in [9.17, 15) is 4.79 Å². The molecule has 0 saturated carbocycles. The van der Waals surface area contributed by atoms with E-state index in [2.05, 4.69) is 31.4 Å². The van der Waals surface area contributed by atoms with E-state index < -0.39 is 6.03 Å². The van der Waals surface area contributed by atoms with Crippen LogP contribution in [-0.2, 0) is 7.05 Å². The number of tetrazole rings is 1. The van der Waals surface area contributed by atoms with Gasteiger partial charge in [0.1, 0.15) is 0 Å². The van der Waals surface area contributed by atoms with Gasteiger partial charge in [0, 0.05) is 11.7 Å². The van der Waals surface area contributed by atoms with Gasteiger partial charge in [0.2, 0.25) is 0 Å². The number of benzene rings is 1. The smallest absolute Gasteiger partial charge is 0.313 e. The van der Waals surface area contributed by atoms with Crippen LogP contribution in [0.15, 0.2) is 24.3 Å². The molecule has 106 valence electrons. The molecule has 20 heavy (non-hydrogen) atoms. The molecule has 2 rings (SSSR count). The zero-order chi connectivity index (χ0) is 14.5. The quantitative estimate of drug-likeness (QED) is 0.777. The number of hydrogen-bond donors (Lipinski definition) is 3. The Labute approximate surface area is 116 Å². The van der Waals surface area contributed by atoms with E-state index in [0.29, 0.717) is 5.69 Å². The maximum absolute atomic E-state index is 11.8. The number of rotatable bonds is 4. The number of nitrogens with zero attached hydrogens (tertiary/aromatic N) is 4. The summed E-state index contributed by atoms with van der Waals surface area (Å²) in [7, 11) is 3.51. The molecule has 0 aliphatic carbocycles. The molecule has 2 aromatic rings. The number of aromatic nitrogens is 4. The fourth-order valence-electron chi connectivity index (χ4n) is 1.65. The van der Waals surface area contributed by atoms with Gasteiger partial charge < -0.3 is 10.6 Å². The summed E-state index contributed by atoms with van der Waals surface area (Å²) >= 11 is 0. The minimum atomic E-state index is -0.410. The fourth-order valence-corrected chi connectivity index (χ4v) is 1.65. The van der Waals surface area contributed by atoms with Gasteiger partial charge in [0.05, 0.1) is 7.05 Å². The lowest BCUT2D eigenvalue weighted by molar-refractivity contribution is 0.262. The summed E-state index contributed by atoms with van der Waals surface area (Å²) in [6, 6.07) is 7.41. The van der Waals surface area contributed by atoms with E-state index >= 15 is 0 Å². The van der Waals surface area contributed by atoms with E-state index in [1.165, 1.54) is 4.80 Å². The molecule has 2 amide bonds. The Hall–Kier alpha value is -2.48. The first-order valence-electron chi connectivity index (χ1n) is 6.17. The molecule has 0 radical (unpaired) electrons. The number of urea groups is 1. The molecule has 0 spiro atoms. The lowest BCUT2D eigenvalue weighted by Crippen LogP contribution is -2.20. The lowest BCUT2D eigenvalue weighted by atomic mass is 10.1. The lowest BCUT2D eigenvalue weighted by Gasteiger charge is -2.12. The molecule has 0 bridgehead atoms. The van der Waals surface area contributed by atoms with Crippen molar-refractivity contribution in [3.8, 4) is 0 Å². The second-order valence-electron chi connectivity index (χ2n) is 4.32. The third kappa shape index (κ3) is 3.51. The monoisotopic (exact) mass is 275 g/mol. The summed E-state index contributed by atoms with van der Waals surface area (Å²) < 4.78 is 0. The number of hydrogen-bond acceptors (Lipinski definition) is 5. The summed E-state index contributed by atoms with van der Waals surface area (Å²) in [6.45, 7) is 2.04. The van der Waals surface area contributed by atoms with Gasteiger partial charge in [-0.1, -0.05) is 17.2 Å². The average molecular weight is 275 g/mol. The Morgan fingerprint density at radius 2 is 2.15 bits per heavy atom.